The second-order valence-corrected chi connectivity index (χ2v) is 4.41. The molecule has 2 aliphatic rings. The van der Waals surface area contributed by atoms with Gasteiger partial charge in [0.15, 0.2) is 11.6 Å². The SMILES string of the molecule is COC1CCC(C2=CC(=O)C=CC2=O)CC1. The Morgan fingerprint density at radius 2 is 1.81 bits per heavy atom. The number of ketones is 2. The van der Waals surface area contributed by atoms with Gasteiger partial charge in [-0.3, -0.25) is 9.59 Å². The fraction of sp³-hybridized carbons (Fsp3) is 0.538. The molecule has 0 aliphatic heterocycles. The van der Waals surface area contributed by atoms with Crippen molar-refractivity contribution in [1.29, 1.82) is 0 Å². The Balaban J connectivity index is 2.04. The van der Waals surface area contributed by atoms with Crippen LogP contribution in [0.15, 0.2) is 23.8 Å². The Morgan fingerprint density at radius 3 is 2.44 bits per heavy atom. The van der Waals surface area contributed by atoms with Crippen LogP contribution in [0.2, 0.25) is 0 Å². The number of allylic oxidation sites excluding steroid dienone is 4. The van der Waals surface area contributed by atoms with Crippen molar-refractivity contribution in [2.24, 2.45) is 5.92 Å². The zero-order valence-corrected chi connectivity index (χ0v) is 9.44. The van der Waals surface area contributed by atoms with Gasteiger partial charge in [-0.2, -0.15) is 0 Å². The first kappa shape index (κ1) is 11.3. The summed E-state index contributed by atoms with van der Waals surface area (Å²) in [6.45, 7) is 0. The normalized spacial score (nSPS) is 30.4. The zero-order valence-electron chi connectivity index (χ0n) is 9.44. The zero-order chi connectivity index (χ0) is 11.5. The molecule has 1 fully saturated rings. The van der Waals surface area contributed by atoms with E-state index in [9.17, 15) is 9.59 Å². The molecule has 0 bridgehead atoms. The maximum Gasteiger partial charge on any atom is 0.182 e. The highest BCUT2D eigenvalue weighted by atomic mass is 16.5. The summed E-state index contributed by atoms with van der Waals surface area (Å²) in [7, 11) is 1.72. The third-order valence-electron chi connectivity index (χ3n) is 3.43. The minimum Gasteiger partial charge on any atom is -0.381 e. The molecule has 0 unspecified atom stereocenters. The molecule has 2 rings (SSSR count). The fourth-order valence-electron chi connectivity index (χ4n) is 2.46. The molecular weight excluding hydrogens is 204 g/mol. The smallest absolute Gasteiger partial charge is 0.182 e. The molecule has 0 spiro atoms. The number of methoxy groups -OCH3 is 1. The van der Waals surface area contributed by atoms with E-state index in [1.807, 2.05) is 0 Å². The standard InChI is InChI=1S/C13H16O3/c1-16-11-5-2-9(3-6-11)12-8-10(14)4-7-13(12)15/h4,7-9,11H,2-3,5-6H2,1H3. The van der Waals surface area contributed by atoms with Gasteiger partial charge in [-0.25, -0.2) is 0 Å². The predicted molar refractivity (Wildman–Crippen MR) is 60.0 cm³/mol. The third kappa shape index (κ3) is 2.30. The average molecular weight is 220 g/mol. The van der Waals surface area contributed by atoms with Crippen molar-refractivity contribution in [3.8, 4) is 0 Å². The topological polar surface area (TPSA) is 43.4 Å². The minimum absolute atomic E-state index is 0.000432. The fourth-order valence-corrected chi connectivity index (χ4v) is 2.46. The first-order valence-corrected chi connectivity index (χ1v) is 5.71. The van der Waals surface area contributed by atoms with E-state index < -0.39 is 0 Å². The van der Waals surface area contributed by atoms with Crippen LogP contribution in [0.5, 0.6) is 0 Å². The molecule has 16 heavy (non-hydrogen) atoms. The van der Waals surface area contributed by atoms with Crippen LogP contribution in [0, 0.1) is 5.92 Å². The van der Waals surface area contributed by atoms with Gasteiger partial charge in [0.05, 0.1) is 6.10 Å². The lowest BCUT2D eigenvalue weighted by atomic mass is 9.79. The van der Waals surface area contributed by atoms with Gasteiger partial charge in [0.1, 0.15) is 0 Å². The van der Waals surface area contributed by atoms with Gasteiger partial charge in [0.25, 0.3) is 0 Å². The van der Waals surface area contributed by atoms with Crippen LogP contribution in [0.25, 0.3) is 0 Å². The number of ether oxygens (including phenoxy) is 1. The van der Waals surface area contributed by atoms with Crippen LogP contribution < -0.4 is 0 Å². The number of carbonyl (C=O) groups is 2. The number of rotatable bonds is 2. The Bertz CT molecular complexity index is 357. The molecule has 0 aromatic carbocycles. The molecule has 3 nitrogen and oxygen atoms in total. The molecule has 86 valence electrons. The van der Waals surface area contributed by atoms with Crippen molar-refractivity contribution in [2.45, 2.75) is 31.8 Å². The number of carbonyl (C=O) groups excluding carboxylic acids is 2. The molecule has 0 heterocycles. The number of hydrogen-bond acceptors (Lipinski definition) is 3. The summed E-state index contributed by atoms with van der Waals surface area (Å²) >= 11 is 0. The van der Waals surface area contributed by atoms with Gasteiger partial charge in [0.2, 0.25) is 0 Å². The van der Waals surface area contributed by atoms with E-state index in [1.54, 1.807) is 7.11 Å². The lowest BCUT2D eigenvalue weighted by molar-refractivity contribution is -0.115. The van der Waals surface area contributed by atoms with Crippen molar-refractivity contribution in [3.05, 3.63) is 23.8 Å². The maximum atomic E-state index is 11.7. The van der Waals surface area contributed by atoms with Crippen LogP contribution in [-0.4, -0.2) is 24.8 Å². The van der Waals surface area contributed by atoms with Crippen molar-refractivity contribution < 1.29 is 14.3 Å². The highest BCUT2D eigenvalue weighted by Gasteiger charge is 2.27. The summed E-state index contributed by atoms with van der Waals surface area (Å²) < 4.78 is 5.29. The Morgan fingerprint density at radius 1 is 1.12 bits per heavy atom. The van der Waals surface area contributed by atoms with E-state index in [4.69, 9.17) is 4.74 Å². The lowest BCUT2D eigenvalue weighted by Crippen LogP contribution is -2.25. The van der Waals surface area contributed by atoms with Gasteiger partial charge in [-0.05, 0) is 49.8 Å². The molecule has 0 amide bonds. The minimum atomic E-state index is -0.0662. The van der Waals surface area contributed by atoms with Gasteiger partial charge in [-0.15, -0.1) is 0 Å². The van der Waals surface area contributed by atoms with Crippen molar-refractivity contribution >= 4 is 11.6 Å². The summed E-state index contributed by atoms with van der Waals surface area (Å²) in [6.07, 6.45) is 8.39. The highest BCUT2D eigenvalue weighted by molar-refractivity contribution is 6.17. The van der Waals surface area contributed by atoms with E-state index >= 15 is 0 Å². The van der Waals surface area contributed by atoms with Crippen LogP contribution in [0.1, 0.15) is 25.7 Å². The van der Waals surface area contributed by atoms with Crippen LogP contribution >= 0.6 is 0 Å². The molecular formula is C13H16O3. The Kier molecular flexibility index (Phi) is 3.34. The molecule has 3 heteroatoms. The van der Waals surface area contributed by atoms with Crippen molar-refractivity contribution in [2.75, 3.05) is 7.11 Å². The van der Waals surface area contributed by atoms with E-state index in [1.165, 1.54) is 18.2 Å². The molecule has 1 saturated carbocycles. The van der Waals surface area contributed by atoms with Gasteiger partial charge in [-0.1, -0.05) is 0 Å². The van der Waals surface area contributed by atoms with E-state index in [-0.39, 0.29) is 17.5 Å². The van der Waals surface area contributed by atoms with Crippen molar-refractivity contribution in [3.63, 3.8) is 0 Å². The van der Waals surface area contributed by atoms with E-state index in [0.29, 0.717) is 11.7 Å². The first-order chi connectivity index (χ1) is 7.70. The quantitative estimate of drug-likeness (QED) is 0.667. The third-order valence-corrected chi connectivity index (χ3v) is 3.43. The largest absolute Gasteiger partial charge is 0.381 e. The Hall–Kier alpha value is -1.22. The summed E-state index contributed by atoms with van der Waals surface area (Å²) in [5.74, 6) is 0.178. The first-order valence-electron chi connectivity index (χ1n) is 5.71. The molecule has 0 aromatic heterocycles. The van der Waals surface area contributed by atoms with E-state index in [2.05, 4.69) is 0 Å². The van der Waals surface area contributed by atoms with E-state index in [0.717, 1.165) is 25.7 Å². The second kappa shape index (κ2) is 4.74. The number of hydrogen-bond donors (Lipinski definition) is 0. The van der Waals surface area contributed by atoms with Gasteiger partial charge >= 0.3 is 0 Å². The maximum absolute atomic E-state index is 11.7. The lowest BCUT2D eigenvalue weighted by Gasteiger charge is -2.28. The summed E-state index contributed by atoms with van der Waals surface area (Å²) in [5, 5.41) is 0. The highest BCUT2D eigenvalue weighted by Crippen LogP contribution is 2.32. The molecule has 2 aliphatic carbocycles. The second-order valence-electron chi connectivity index (χ2n) is 4.41. The Labute approximate surface area is 95.2 Å². The molecule has 0 radical (unpaired) electrons. The van der Waals surface area contributed by atoms with Crippen LogP contribution in [-0.2, 0) is 14.3 Å². The van der Waals surface area contributed by atoms with Gasteiger partial charge in [0, 0.05) is 12.7 Å². The van der Waals surface area contributed by atoms with Crippen LogP contribution in [0.3, 0.4) is 0 Å². The van der Waals surface area contributed by atoms with Gasteiger partial charge < -0.3 is 4.74 Å². The molecule has 0 atom stereocenters. The molecule has 0 aromatic rings. The monoisotopic (exact) mass is 220 g/mol. The van der Waals surface area contributed by atoms with Crippen molar-refractivity contribution in [1.82, 2.24) is 0 Å². The summed E-state index contributed by atoms with van der Waals surface area (Å²) in [5.41, 5.74) is 0.696. The summed E-state index contributed by atoms with van der Waals surface area (Å²) in [6, 6.07) is 0. The molecule has 0 N–H and O–H groups in total. The molecule has 0 saturated heterocycles. The summed E-state index contributed by atoms with van der Waals surface area (Å²) in [4.78, 5) is 22.9. The predicted octanol–water partition coefficient (Wildman–Crippen LogP) is 1.83. The average Bonchev–Trinajstić information content (AvgIpc) is 2.32. The van der Waals surface area contributed by atoms with Crippen LogP contribution in [0.4, 0.5) is 0 Å².